The van der Waals surface area contributed by atoms with E-state index in [0.717, 1.165) is 30.6 Å². The number of ether oxygens (including phenoxy) is 2. The summed E-state index contributed by atoms with van der Waals surface area (Å²) in [6.45, 7) is 20.3. The highest BCUT2D eigenvalue weighted by molar-refractivity contribution is 5.34. The molecule has 0 aliphatic rings. The van der Waals surface area contributed by atoms with E-state index in [4.69, 9.17) is 9.47 Å². The van der Waals surface area contributed by atoms with Gasteiger partial charge in [-0.25, -0.2) is 0 Å². The van der Waals surface area contributed by atoms with Crippen molar-refractivity contribution in [2.75, 3.05) is 13.7 Å². The van der Waals surface area contributed by atoms with Crippen molar-refractivity contribution in [3.8, 4) is 0 Å². The molecule has 0 aliphatic carbocycles. The van der Waals surface area contributed by atoms with Crippen LogP contribution in [0.15, 0.2) is 73.6 Å². The molecule has 2 unspecified atom stereocenters. The van der Waals surface area contributed by atoms with Gasteiger partial charge in [-0.3, -0.25) is 0 Å². The highest BCUT2D eigenvalue weighted by atomic mass is 16.5. The molecule has 0 heterocycles. The van der Waals surface area contributed by atoms with Gasteiger partial charge in [0, 0.05) is 7.11 Å². The first-order valence-electron chi connectivity index (χ1n) is 9.22. The van der Waals surface area contributed by atoms with Crippen LogP contribution >= 0.6 is 0 Å². The summed E-state index contributed by atoms with van der Waals surface area (Å²) in [4.78, 5) is 0. The summed E-state index contributed by atoms with van der Waals surface area (Å²) < 4.78 is 11.2. The third-order valence-electron chi connectivity index (χ3n) is 3.60. The van der Waals surface area contributed by atoms with Gasteiger partial charge in [-0.05, 0) is 42.9 Å². The minimum absolute atomic E-state index is 0.351. The zero-order chi connectivity index (χ0) is 19.5. The molecule has 0 bridgehead atoms. The predicted octanol–water partition coefficient (Wildman–Crippen LogP) is 6.80. The molecule has 0 amide bonds. The second-order valence-corrected chi connectivity index (χ2v) is 5.50. The summed E-state index contributed by atoms with van der Waals surface area (Å²) in [5.41, 5.74) is 0.998. The largest absolute Gasteiger partial charge is 0.493 e. The molecule has 0 N–H and O–H groups in total. The second kappa shape index (κ2) is 18.5. The Labute approximate surface area is 156 Å². The Morgan fingerprint density at radius 2 is 1.72 bits per heavy atom. The minimum atomic E-state index is 0.351. The van der Waals surface area contributed by atoms with E-state index in [1.54, 1.807) is 25.3 Å². The van der Waals surface area contributed by atoms with E-state index in [9.17, 15) is 0 Å². The monoisotopic (exact) mass is 346 g/mol. The number of allylic oxidation sites excluding steroid dienone is 8. The number of hydrogen-bond acceptors (Lipinski definition) is 2. The molecule has 0 radical (unpaired) electrons. The topological polar surface area (TPSA) is 18.5 Å². The van der Waals surface area contributed by atoms with Crippen molar-refractivity contribution in [3.05, 3.63) is 73.6 Å². The van der Waals surface area contributed by atoms with Crippen LogP contribution < -0.4 is 0 Å². The molecule has 0 aromatic carbocycles. The molecular formula is C23H38O2. The van der Waals surface area contributed by atoms with E-state index in [-0.39, 0.29) is 0 Å². The maximum absolute atomic E-state index is 5.81. The third kappa shape index (κ3) is 14.3. The summed E-state index contributed by atoms with van der Waals surface area (Å²) in [6, 6.07) is 0. The predicted molar refractivity (Wildman–Crippen MR) is 113 cm³/mol. The lowest BCUT2D eigenvalue weighted by molar-refractivity contribution is 0.0808. The quantitative estimate of drug-likeness (QED) is 0.270. The van der Waals surface area contributed by atoms with Crippen LogP contribution in [0.2, 0.25) is 0 Å². The molecule has 0 rings (SSSR count). The van der Waals surface area contributed by atoms with Gasteiger partial charge in [0.05, 0.1) is 12.7 Å². The Kier molecular flexibility index (Phi) is 18.9. The Bertz CT molecular complexity index is 437. The van der Waals surface area contributed by atoms with Crippen LogP contribution in [0.1, 0.15) is 47.0 Å². The van der Waals surface area contributed by atoms with Crippen LogP contribution in [-0.4, -0.2) is 19.8 Å². The summed E-state index contributed by atoms with van der Waals surface area (Å²) >= 11 is 0. The summed E-state index contributed by atoms with van der Waals surface area (Å²) in [5.74, 6) is 1.25. The molecule has 0 aliphatic heterocycles. The van der Waals surface area contributed by atoms with Crippen LogP contribution in [0.25, 0.3) is 0 Å². The van der Waals surface area contributed by atoms with Gasteiger partial charge in [-0.15, -0.1) is 0 Å². The first kappa shape index (κ1) is 25.4. The van der Waals surface area contributed by atoms with Gasteiger partial charge in [0.15, 0.2) is 0 Å². The molecular weight excluding hydrogens is 308 g/mol. The van der Waals surface area contributed by atoms with Crippen molar-refractivity contribution in [2.45, 2.75) is 53.1 Å². The highest BCUT2D eigenvalue weighted by Gasteiger charge is 2.09. The maximum Gasteiger partial charge on any atom is 0.118 e. The highest BCUT2D eigenvalue weighted by Crippen LogP contribution is 2.14. The summed E-state index contributed by atoms with van der Waals surface area (Å²) in [7, 11) is 1.78. The zero-order valence-electron chi connectivity index (χ0n) is 17.0. The Hall–Kier alpha value is -1.80. The van der Waals surface area contributed by atoms with Crippen LogP contribution in [0.4, 0.5) is 0 Å². The van der Waals surface area contributed by atoms with Crippen LogP contribution in [0.5, 0.6) is 0 Å². The molecule has 0 fully saturated rings. The van der Waals surface area contributed by atoms with Gasteiger partial charge in [-0.1, -0.05) is 77.8 Å². The fraction of sp³-hybridized carbons (Fsp3) is 0.478. The van der Waals surface area contributed by atoms with E-state index in [0.29, 0.717) is 18.6 Å². The Morgan fingerprint density at radius 3 is 2.20 bits per heavy atom. The van der Waals surface area contributed by atoms with Crippen molar-refractivity contribution >= 4 is 0 Å². The second-order valence-electron chi connectivity index (χ2n) is 5.50. The van der Waals surface area contributed by atoms with E-state index < -0.39 is 0 Å². The van der Waals surface area contributed by atoms with E-state index >= 15 is 0 Å². The summed E-state index contributed by atoms with van der Waals surface area (Å²) in [6.07, 6.45) is 16.5. The van der Waals surface area contributed by atoms with E-state index in [1.807, 2.05) is 38.2 Å². The average Bonchev–Trinajstić information content (AvgIpc) is 2.65. The van der Waals surface area contributed by atoms with Gasteiger partial charge in [0.2, 0.25) is 0 Å². The molecule has 2 atom stereocenters. The molecule has 0 spiro atoms. The first-order chi connectivity index (χ1) is 12.1. The van der Waals surface area contributed by atoms with Gasteiger partial charge >= 0.3 is 0 Å². The van der Waals surface area contributed by atoms with E-state index in [2.05, 4.69) is 33.6 Å². The summed E-state index contributed by atoms with van der Waals surface area (Å²) in [5, 5.41) is 0. The van der Waals surface area contributed by atoms with Crippen LogP contribution in [0, 0.1) is 5.92 Å². The van der Waals surface area contributed by atoms with Crippen molar-refractivity contribution in [1.82, 2.24) is 0 Å². The van der Waals surface area contributed by atoms with Crippen LogP contribution in [-0.2, 0) is 9.47 Å². The lowest BCUT2D eigenvalue weighted by atomic mass is 10.0. The molecule has 142 valence electrons. The Morgan fingerprint density at radius 1 is 1.04 bits per heavy atom. The average molecular weight is 347 g/mol. The first-order valence-corrected chi connectivity index (χ1v) is 9.22. The molecule has 0 saturated carbocycles. The van der Waals surface area contributed by atoms with Crippen molar-refractivity contribution in [1.29, 1.82) is 0 Å². The van der Waals surface area contributed by atoms with Crippen molar-refractivity contribution < 1.29 is 9.47 Å². The molecule has 2 heteroatoms. The lowest BCUT2D eigenvalue weighted by Gasteiger charge is -2.17. The fourth-order valence-corrected chi connectivity index (χ4v) is 2.04. The number of rotatable bonds is 13. The van der Waals surface area contributed by atoms with Gasteiger partial charge in [0.1, 0.15) is 5.76 Å². The minimum Gasteiger partial charge on any atom is -0.493 e. The molecule has 0 aromatic rings. The molecule has 0 saturated heterocycles. The SMILES string of the molecule is C=C/C=C(C=C)/C=C/C=C(\C=C)OCC(C)CCC(CC)OC.CC. The van der Waals surface area contributed by atoms with Gasteiger partial charge in [0.25, 0.3) is 0 Å². The number of methoxy groups -OCH3 is 1. The zero-order valence-corrected chi connectivity index (χ0v) is 17.0. The van der Waals surface area contributed by atoms with E-state index in [1.165, 1.54) is 0 Å². The standard InChI is InChI=1S/C21H32O2.C2H6/c1-7-12-19(8-2)13-11-14-21(10-4)23-17-18(5)15-16-20(9-3)22-6;1-2/h7-8,10-14,18,20H,1-2,4,9,15-17H2,3,5-6H3;1-2H3/b13-11+,19-12+,21-14+;. The van der Waals surface area contributed by atoms with Gasteiger partial charge in [-0.2, -0.15) is 0 Å². The smallest absolute Gasteiger partial charge is 0.118 e. The molecule has 25 heavy (non-hydrogen) atoms. The van der Waals surface area contributed by atoms with Gasteiger partial charge < -0.3 is 9.47 Å². The van der Waals surface area contributed by atoms with Crippen molar-refractivity contribution in [2.24, 2.45) is 5.92 Å². The third-order valence-corrected chi connectivity index (χ3v) is 3.60. The number of hydrogen-bond donors (Lipinski definition) is 0. The maximum atomic E-state index is 5.81. The normalized spacial score (nSPS) is 14.3. The van der Waals surface area contributed by atoms with Crippen LogP contribution in [0.3, 0.4) is 0 Å². The fourth-order valence-electron chi connectivity index (χ4n) is 2.04. The Balaban J connectivity index is 0. The molecule has 2 nitrogen and oxygen atoms in total. The van der Waals surface area contributed by atoms with Crippen molar-refractivity contribution in [3.63, 3.8) is 0 Å². The molecule has 0 aromatic heterocycles. The lowest BCUT2D eigenvalue weighted by Crippen LogP contribution is -2.13.